The molecule has 7 heteroatoms. The van der Waals surface area contributed by atoms with Crippen molar-refractivity contribution in [3.05, 3.63) is 47.3 Å². The number of amides is 1. The number of nitrogens with one attached hydrogen (secondary N) is 1. The molecule has 156 valence electrons. The summed E-state index contributed by atoms with van der Waals surface area (Å²) in [4.78, 5) is 22.7. The van der Waals surface area contributed by atoms with Gasteiger partial charge in [-0.2, -0.15) is 5.10 Å². The number of likely N-dealkylation sites (N-methyl/N-ethyl adjacent to an activating group) is 1. The van der Waals surface area contributed by atoms with Crippen LogP contribution >= 0.6 is 0 Å². The lowest BCUT2D eigenvalue weighted by molar-refractivity contribution is 0.102. The Kier molecular flexibility index (Phi) is 4.70. The topological polar surface area (TPSA) is 66.3 Å². The minimum absolute atomic E-state index is 0.104. The van der Waals surface area contributed by atoms with Crippen LogP contribution in [0.3, 0.4) is 0 Å². The second-order valence-corrected chi connectivity index (χ2v) is 8.57. The van der Waals surface area contributed by atoms with Gasteiger partial charge in [0.15, 0.2) is 5.65 Å². The number of nitrogens with zero attached hydrogens (tertiary/aromatic N) is 5. The number of aryl methyl sites for hydroxylation is 2. The first-order valence-corrected chi connectivity index (χ1v) is 10.7. The molecule has 2 aliphatic rings. The van der Waals surface area contributed by atoms with Crippen molar-refractivity contribution < 1.29 is 4.79 Å². The van der Waals surface area contributed by atoms with Crippen LogP contribution in [0.25, 0.3) is 11.0 Å². The van der Waals surface area contributed by atoms with Crippen LogP contribution in [0, 0.1) is 6.92 Å². The van der Waals surface area contributed by atoms with E-state index < -0.39 is 0 Å². The van der Waals surface area contributed by atoms with E-state index >= 15 is 0 Å². The van der Waals surface area contributed by atoms with Crippen molar-refractivity contribution in [1.82, 2.24) is 19.7 Å². The number of fused-ring (bicyclic) bond motifs is 1. The molecule has 0 radical (unpaired) electrons. The summed E-state index contributed by atoms with van der Waals surface area (Å²) in [6.07, 6.45) is 2.29. The highest BCUT2D eigenvalue weighted by Gasteiger charge is 2.28. The maximum absolute atomic E-state index is 13.2. The summed E-state index contributed by atoms with van der Waals surface area (Å²) in [5, 5.41) is 8.42. The number of pyridine rings is 1. The van der Waals surface area contributed by atoms with E-state index in [4.69, 9.17) is 4.98 Å². The highest BCUT2D eigenvalue weighted by Crippen LogP contribution is 2.40. The first kappa shape index (κ1) is 19.1. The van der Waals surface area contributed by atoms with Crippen molar-refractivity contribution in [3.63, 3.8) is 0 Å². The molecule has 3 heterocycles. The van der Waals surface area contributed by atoms with Gasteiger partial charge in [-0.25, -0.2) is 4.98 Å². The number of carbonyl (C=O) groups excluding carboxylic acids is 1. The van der Waals surface area contributed by atoms with Crippen molar-refractivity contribution in [3.8, 4) is 0 Å². The third-order valence-corrected chi connectivity index (χ3v) is 6.22. The lowest BCUT2D eigenvalue weighted by atomic mass is 10.1. The third kappa shape index (κ3) is 3.54. The van der Waals surface area contributed by atoms with Crippen LogP contribution in [0.15, 0.2) is 30.3 Å². The summed E-state index contributed by atoms with van der Waals surface area (Å²) in [6.45, 7) is 6.14. The molecule has 1 saturated carbocycles. The number of carbonyl (C=O) groups is 1. The number of anilines is 2. The highest BCUT2D eigenvalue weighted by molar-refractivity contribution is 6.12. The second-order valence-electron chi connectivity index (χ2n) is 8.57. The molecule has 1 saturated heterocycles. The SMILES string of the molecule is Cc1nn(C)c2nc(C3CC3)cc(C(=O)Nc3ccc(N4CCN(C)CC4)cc3)c12. The number of rotatable bonds is 4. The molecule has 5 rings (SSSR count). The standard InChI is InChI=1S/C23H28N6O/c1-15-21-19(14-20(16-4-5-16)25-22(21)28(3)26-15)23(30)24-17-6-8-18(9-7-17)29-12-10-27(2)11-13-29/h6-9,14,16H,4-5,10-13H2,1-3H3,(H,24,30). The van der Waals surface area contributed by atoms with Crippen molar-refractivity contribution in [2.24, 2.45) is 7.05 Å². The normalized spacial score (nSPS) is 17.5. The summed E-state index contributed by atoms with van der Waals surface area (Å²) in [7, 11) is 4.04. The minimum Gasteiger partial charge on any atom is -0.369 e. The summed E-state index contributed by atoms with van der Waals surface area (Å²) in [5.74, 6) is 0.367. The van der Waals surface area contributed by atoms with Crippen molar-refractivity contribution >= 4 is 28.3 Å². The Balaban J connectivity index is 1.39. The van der Waals surface area contributed by atoms with Crippen molar-refractivity contribution in [1.29, 1.82) is 0 Å². The van der Waals surface area contributed by atoms with Gasteiger partial charge in [-0.15, -0.1) is 0 Å². The van der Waals surface area contributed by atoms with Gasteiger partial charge in [-0.05, 0) is 57.1 Å². The molecule has 0 spiro atoms. The van der Waals surface area contributed by atoms with Crippen LogP contribution in [0.1, 0.15) is 40.5 Å². The van der Waals surface area contributed by atoms with Gasteiger partial charge in [0.05, 0.1) is 16.6 Å². The molecule has 2 fully saturated rings. The summed E-state index contributed by atoms with van der Waals surface area (Å²) < 4.78 is 1.78. The predicted molar refractivity (Wildman–Crippen MR) is 119 cm³/mol. The van der Waals surface area contributed by atoms with Gasteiger partial charge in [0.2, 0.25) is 0 Å². The largest absolute Gasteiger partial charge is 0.369 e. The van der Waals surface area contributed by atoms with E-state index in [1.165, 1.54) is 5.69 Å². The number of hydrogen-bond acceptors (Lipinski definition) is 5. The van der Waals surface area contributed by atoms with Crippen LogP contribution in [0.2, 0.25) is 0 Å². The molecular weight excluding hydrogens is 376 g/mol. The quantitative estimate of drug-likeness (QED) is 0.724. The Morgan fingerprint density at radius 3 is 2.43 bits per heavy atom. The summed E-state index contributed by atoms with van der Waals surface area (Å²) >= 11 is 0. The lowest BCUT2D eigenvalue weighted by Crippen LogP contribution is -2.44. The first-order chi connectivity index (χ1) is 14.5. The zero-order valence-electron chi connectivity index (χ0n) is 17.9. The van der Waals surface area contributed by atoms with Gasteiger partial charge in [0, 0.05) is 56.2 Å². The molecule has 3 aromatic rings. The first-order valence-electron chi connectivity index (χ1n) is 10.7. The Morgan fingerprint density at radius 2 is 1.77 bits per heavy atom. The van der Waals surface area contributed by atoms with Gasteiger partial charge in [0.1, 0.15) is 0 Å². The molecule has 1 amide bonds. The van der Waals surface area contributed by atoms with Crippen LogP contribution in [-0.2, 0) is 7.05 Å². The van der Waals surface area contributed by atoms with Gasteiger partial charge >= 0.3 is 0 Å². The summed E-state index contributed by atoms with van der Waals surface area (Å²) in [5.41, 5.74) is 5.28. The maximum atomic E-state index is 13.2. The smallest absolute Gasteiger partial charge is 0.256 e. The number of benzene rings is 1. The van der Waals surface area contributed by atoms with E-state index in [1.807, 2.05) is 32.2 Å². The lowest BCUT2D eigenvalue weighted by Gasteiger charge is -2.34. The molecule has 0 unspecified atom stereocenters. The molecule has 30 heavy (non-hydrogen) atoms. The Bertz CT molecular complexity index is 1090. The van der Waals surface area contributed by atoms with Gasteiger partial charge in [-0.1, -0.05) is 0 Å². The van der Waals surface area contributed by atoms with E-state index in [2.05, 4.69) is 39.4 Å². The fraction of sp³-hybridized carbons (Fsp3) is 0.435. The third-order valence-electron chi connectivity index (χ3n) is 6.22. The number of aromatic nitrogens is 3. The van der Waals surface area contributed by atoms with Crippen molar-refractivity contribution in [2.45, 2.75) is 25.7 Å². The second kappa shape index (κ2) is 7.40. The molecule has 1 N–H and O–H groups in total. The molecule has 7 nitrogen and oxygen atoms in total. The van der Waals surface area contributed by atoms with Crippen LogP contribution in [0.4, 0.5) is 11.4 Å². The minimum atomic E-state index is -0.104. The Labute approximate surface area is 176 Å². The Morgan fingerprint density at radius 1 is 1.07 bits per heavy atom. The van der Waals surface area contributed by atoms with Crippen molar-refractivity contribution in [2.75, 3.05) is 43.4 Å². The van der Waals surface area contributed by atoms with Gasteiger partial charge < -0.3 is 15.1 Å². The van der Waals surface area contributed by atoms with Crippen LogP contribution < -0.4 is 10.2 Å². The average molecular weight is 405 g/mol. The fourth-order valence-electron chi connectivity index (χ4n) is 4.25. The molecule has 1 aliphatic carbocycles. The molecule has 1 aromatic carbocycles. The number of piperazine rings is 1. The van der Waals surface area contributed by atoms with E-state index in [0.29, 0.717) is 11.5 Å². The monoisotopic (exact) mass is 404 g/mol. The fourth-order valence-corrected chi connectivity index (χ4v) is 4.25. The number of hydrogen-bond donors (Lipinski definition) is 1. The Hall–Kier alpha value is -2.93. The summed E-state index contributed by atoms with van der Waals surface area (Å²) in [6, 6.07) is 10.1. The highest BCUT2D eigenvalue weighted by atomic mass is 16.1. The maximum Gasteiger partial charge on any atom is 0.256 e. The molecule has 2 aromatic heterocycles. The van der Waals surface area contributed by atoms with E-state index in [9.17, 15) is 4.79 Å². The molecule has 0 atom stereocenters. The molecule has 1 aliphatic heterocycles. The van der Waals surface area contributed by atoms with Gasteiger partial charge in [0.25, 0.3) is 5.91 Å². The van der Waals surface area contributed by atoms with E-state index in [0.717, 1.165) is 67.1 Å². The van der Waals surface area contributed by atoms with Crippen LogP contribution in [0.5, 0.6) is 0 Å². The van der Waals surface area contributed by atoms with E-state index in [1.54, 1.807) is 4.68 Å². The zero-order valence-corrected chi connectivity index (χ0v) is 17.9. The van der Waals surface area contributed by atoms with Gasteiger partial charge in [-0.3, -0.25) is 9.48 Å². The van der Waals surface area contributed by atoms with Crippen LogP contribution in [-0.4, -0.2) is 58.8 Å². The molecular formula is C23H28N6O. The molecule has 0 bridgehead atoms. The predicted octanol–water partition coefficient (Wildman–Crippen LogP) is 3.16. The van der Waals surface area contributed by atoms with E-state index in [-0.39, 0.29) is 5.91 Å². The zero-order chi connectivity index (χ0) is 20.8. The average Bonchev–Trinajstić information content (AvgIpc) is 3.55.